The highest BCUT2D eigenvalue weighted by atomic mass is 16.3. The monoisotopic (exact) mass is 213 g/mol. The van der Waals surface area contributed by atoms with Crippen LogP contribution in [0.1, 0.15) is 59.3 Å². The van der Waals surface area contributed by atoms with Gasteiger partial charge in [0.2, 0.25) is 0 Å². The molecule has 90 valence electrons. The Balaban J connectivity index is 2.28. The first-order valence-corrected chi connectivity index (χ1v) is 6.44. The Morgan fingerprint density at radius 3 is 2.40 bits per heavy atom. The summed E-state index contributed by atoms with van der Waals surface area (Å²) >= 11 is 0. The van der Waals surface area contributed by atoms with Gasteiger partial charge in [-0.3, -0.25) is 0 Å². The van der Waals surface area contributed by atoms with Gasteiger partial charge < -0.3 is 10.4 Å². The quantitative estimate of drug-likeness (QED) is 0.736. The van der Waals surface area contributed by atoms with Crippen molar-refractivity contribution < 1.29 is 5.11 Å². The van der Waals surface area contributed by atoms with Gasteiger partial charge in [0.1, 0.15) is 0 Å². The molecule has 0 heterocycles. The van der Waals surface area contributed by atoms with Crippen molar-refractivity contribution in [1.82, 2.24) is 5.32 Å². The summed E-state index contributed by atoms with van der Waals surface area (Å²) in [5.74, 6) is 0. The molecular formula is C13H27NO. The number of nitrogens with one attached hydrogen (secondary N) is 1. The maximum Gasteiger partial charge on any atom is 0.0445 e. The minimum atomic E-state index is 0.309. The van der Waals surface area contributed by atoms with E-state index in [2.05, 4.69) is 26.1 Å². The first-order valence-electron chi connectivity index (χ1n) is 6.44. The summed E-state index contributed by atoms with van der Waals surface area (Å²) in [6.45, 7) is 7.24. The van der Waals surface area contributed by atoms with E-state index in [-0.39, 0.29) is 0 Å². The summed E-state index contributed by atoms with van der Waals surface area (Å²) in [4.78, 5) is 0. The molecule has 0 aromatic carbocycles. The summed E-state index contributed by atoms with van der Waals surface area (Å²) < 4.78 is 0. The zero-order valence-corrected chi connectivity index (χ0v) is 10.6. The molecule has 2 N–H and O–H groups in total. The molecule has 0 spiro atoms. The normalized spacial score (nSPS) is 24.0. The standard InChI is InChI=1S/C13H27NO/c1-4-11(7-10-15)14-12-5-8-13(2,3)9-6-12/h11-12,14-15H,4-10H2,1-3H3. The van der Waals surface area contributed by atoms with Crippen LogP contribution in [0.4, 0.5) is 0 Å². The maximum absolute atomic E-state index is 8.94. The molecule has 0 radical (unpaired) electrons. The first kappa shape index (κ1) is 13.0. The molecule has 1 atom stereocenters. The van der Waals surface area contributed by atoms with E-state index in [1.807, 2.05) is 0 Å². The van der Waals surface area contributed by atoms with Crippen LogP contribution in [-0.4, -0.2) is 23.8 Å². The third kappa shape index (κ3) is 4.52. The van der Waals surface area contributed by atoms with E-state index in [0.29, 0.717) is 24.1 Å². The predicted molar refractivity (Wildman–Crippen MR) is 65.0 cm³/mol. The maximum atomic E-state index is 8.94. The van der Waals surface area contributed by atoms with Crippen LogP contribution in [-0.2, 0) is 0 Å². The fourth-order valence-corrected chi connectivity index (χ4v) is 2.46. The minimum Gasteiger partial charge on any atom is -0.396 e. The van der Waals surface area contributed by atoms with Crippen molar-refractivity contribution in [3.05, 3.63) is 0 Å². The van der Waals surface area contributed by atoms with Gasteiger partial charge in [0.25, 0.3) is 0 Å². The molecule has 0 bridgehead atoms. The molecule has 2 nitrogen and oxygen atoms in total. The number of aliphatic hydroxyl groups is 1. The SMILES string of the molecule is CCC(CCO)NC1CCC(C)(C)CC1. The third-order valence-corrected chi connectivity index (χ3v) is 3.78. The van der Waals surface area contributed by atoms with Gasteiger partial charge in [0.15, 0.2) is 0 Å². The lowest BCUT2D eigenvalue weighted by atomic mass is 9.75. The molecule has 1 aliphatic carbocycles. The molecule has 0 aromatic rings. The third-order valence-electron chi connectivity index (χ3n) is 3.78. The van der Waals surface area contributed by atoms with Crippen molar-refractivity contribution in [2.24, 2.45) is 5.41 Å². The van der Waals surface area contributed by atoms with E-state index < -0.39 is 0 Å². The summed E-state index contributed by atoms with van der Waals surface area (Å²) in [6, 6.07) is 1.20. The molecule has 0 aromatic heterocycles. The van der Waals surface area contributed by atoms with Crippen molar-refractivity contribution in [2.75, 3.05) is 6.61 Å². The average molecular weight is 213 g/mol. The lowest BCUT2D eigenvalue weighted by Gasteiger charge is -2.36. The average Bonchev–Trinajstić information content (AvgIpc) is 2.20. The van der Waals surface area contributed by atoms with Crippen LogP contribution in [0.15, 0.2) is 0 Å². The highest BCUT2D eigenvalue weighted by Crippen LogP contribution is 2.35. The van der Waals surface area contributed by atoms with Gasteiger partial charge in [-0.25, -0.2) is 0 Å². The molecule has 1 unspecified atom stereocenters. The van der Waals surface area contributed by atoms with Gasteiger partial charge in [-0.2, -0.15) is 0 Å². The molecule has 15 heavy (non-hydrogen) atoms. The van der Waals surface area contributed by atoms with Crippen molar-refractivity contribution in [1.29, 1.82) is 0 Å². The van der Waals surface area contributed by atoms with Crippen molar-refractivity contribution >= 4 is 0 Å². The Bertz CT molecular complexity index is 169. The van der Waals surface area contributed by atoms with Crippen LogP contribution in [0.25, 0.3) is 0 Å². The van der Waals surface area contributed by atoms with Gasteiger partial charge in [0, 0.05) is 18.7 Å². The highest BCUT2D eigenvalue weighted by molar-refractivity contribution is 4.83. The minimum absolute atomic E-state index is 0.309. The Morgan fingerprint density at radius 2 is 1.93 bits per heavy atom. The second kappa shape index (κ2) is 5.86. The number of rotatable bonds is 5. The smallest absolute Gasteiger partial charge is 0.0445 e. The Labute approximate surface area is 94.5 Å². The number of hydrogen-bond acceptors (Lipinski definition) is 2. The van der Waals surface area contributed by atoms with Crippen molar-refractivity contribution in [3.8, 4) is 0 Å². The van der Waals surface area contributed by atoms with E-state index in [4.69, 9.17) is 5.11 Å². The second-order valence-corrected chi connectivity index (χ2v) is 5.72. The van der Waals surface area contributed by atoms with E-state index >= 15 is 0 Å². The molecule has 0 saturated heterocycles. The van der Waals surface area contributed by atoms with Gasteiger partial charge >= 0.3 is 0 Å². The molecule has 1 saturated carbocycles. The topological polar surface area (TPSA) is 32.3 Å². The van der Waals surface area contributed by atoms with Gasteiger partial charge in [-0.05, 0) is 43.9 Å². The fraction of sp³-hybridized carbons (Fsp3) is 1.00. The number of hydrogen-bond donors (Lipinski definition) is 2. The van der Waals surface area contributed by atoms with Crippen LogP contribution in [0, 0.1) is 5.41 Å². The fourth-order valence-electron chi connectivity index (χ4n) is 2.46. The van der Waals surface area contributed by atoms with E-state index in [1.54, 1.807) is 0 Å². The van der Waals surface area contributed by atoms with E-state index in [0.717, 1.165) is 12.8 Å². The molecule has 1 aliphatic rings. The largest absolute Gasteiger partial charge is 0.396 e. The van der Waals surface area contributed by atoms with Gasteiger partial charge in [-0.1, -0.05) is 20.8 Å². The van der Waals surface area contributed by atoms with Crippen molar-refractivity contribution in [2.45, 2.75) is 71.4 Å². The van der Waals surface area contributed by atoms with Crippen LogP contribution < -0.4 is 5.32 Å². The zero-order chi connectivity index (χ0) is 11.3. The summed E-state index contributed by atoms with van der Waals surface area (Å²) in [5, 5.41) is 12.6. The molecule has 1 rings (SSSR count). The van der Waals surface area contributed by atoms with Crippen LogP contribution in [0.3, 0.4) is 0 Å². The Morgan fingerprint density at radius 1 is 1.33 bits per heavy atom. The van der Waals surface area contributed by atoms with Crippen molar-refractivity contribution in [3.63, 3.8) is 0 Å². The lowest BCUT2D eigenvalue weighted by Crippen LogP contribution is -2.41. The van der Waals surface area contributed by atoms with E-state index in [1.165, 1.54) is 25.7 Å². The first-order chi connectivity index (χ1) is 7.07. The Kier molecular flexibility index (Phi) is 5.07. The highest BCUT2D eigenvalue weighted by Gasteiger charge is 2.27. The van der Waals surface area contributed by atoms with Crippen LogP contribution >= 0.6 is 0 Å². The second-order valence-electron chi connectivity index (χ2n) is 5.72. The molecular weight excluding hydrogens is 186 g/mol. The summed E-state index contributed by atoms with van der Waals surface area (Å²) in [7, 11) is 0. The summed E-state index contributed by atoms with van der Waals surface area (Å²) in [6.07, 6.45) is 7.29. The van der Waals surface area contributed by atoms with Crippen LogP contribution in [0.5, 0.6) is 0 Å². The number of aliphatic hydroxyl groups excluding tert-OH is 1. The molecule has 2 heteroatoms. The Hall–Kier alpha value is -0.0800. The van der Waals surface area contributed by atoms with Gasteiger partial charge in [-0.15, -0.1) is 0 Å². The van der Waals surface area contributed by atoms with E-state index in [9.17, 15) is 0 Å². The molecule has 0 aliphatic heterocycles. The predicted octanol–water partition coefficient (Wildman–Crippen LogP) is 2.71. The lowest BCUT2D eigenvalue weighted by molar-refractivity contribution is 0.187. The van der Waals surface area contributed by atoms with Gasteiger partial charge in [0.05, 0.1) is 0 Å². The summed E-state index contributed by atoms with van der Waals surface area (Å²) in [5.41, 5.74) is 0.552. The molecule has 0 amide bonds. The van der Waals surface area contributed by atoms with Crippen LogP contribution in [0.2, 0.25) is 0 Å². The molecule has 1 fully saturated rings. The zero-order valence-electron chi connectivity index (χ0n) is 10.6.